The lowest BCUT2D eigenvalue weighted by Crippen LogP contribution is -2.30. The van der Waals surface area contributed by atoms with Crippen LogP contribution in [0.4, 0.5) is 0 Å². The highest BCUT2D eigenvalue weighted by molar-refractivity contribution is 5.71. The van der Waals surface area contributed by atoms with Gasteiger partial charge in [0, 0.05) is 19.3 Å². The maximum absolute atomic E-state index is 13.0. The van der Waals surface area contributed by atoms with Crippen LogP contribution in [-0.4, -0.2) is 37.2 Å². The second-order valence-electron chi connectivity index (χ2n) is 23.8. The Bertz CT molecular complexity index is 1430. The molecule has 1 unspecified atom stereocenters. The van der Waals surface area contributed by atoms with E-state index in [0.717, 1.165) is 96.3 Å². The number of esters is 3. The molecule has 0 saturated carbocycles. The lowest BCUT2D eigenvalue weighted by atomic mass is 10.0. The van der Waals surface area contributed by atoms with Gasteiger partial charge in [0.1, 0.15) is 13.2 Å². The van der Waals surface area contributed by atoms with E-state index in [1.54, 1.807) is 0 Å². The first kappa shape index (κ1) is 77.1. The van der Waals surface area contributed by atoms with Gasteiger partial charge < -0.3 is 14.2 Å². The van der Waals surface area contributed by atoms with E-state index in [9.17, 15) is 14.4 Å². The van der Waals surface area contributed by atoms with Crippen molar-refractivity contribution in [1.82, 2.24) is 0 Å². The zero-order valence-electron chi connectivity index (χ0n) is 53.6. The first-order valence-electron chi connectivity index (χ1n) is 35.3. The second kappa shape index (κ2) is 68.6. The Morgan fingerprint density at radius 2 is 0.487 bits per heavy atom. The van der Waals surface area contributed by atoms with Gasteiger partial charge in [-0.05, 0) is 64.2 Å². The Kier molecular flexibility index (Phi) is 66.1. The predicted molar refractivity (Wildman–Crippen MR) is 348 cm³/mol. The highest BCUT2D eigenvalue weighted by Crippen LogP contribution is 2.18. The first-order valence-corrected chi connectivity index (χ1v) is 35.3. The topological polar surface area (TPSA) is 78.9 Å². The molecular weight excluding hydrogens is 985 g/mol. The van der Waals surface area contributed by atoms with E-state index >= 15 is 0 Å². The molecule has 0 heterocycles. The minimum absolute atomic E-state index is 0.0736. The molecule has 0 saturated heterocycles. The molecule has 0 aliphatic rings. The molecule has 80 heavy (non-hydrogen) atoms. The van der Waals surface area contributed by atoms with Crippen LogP contribution in [0.25, 0.3) is 0 Å². The standard InChI is InChI=1S/C74H134O6/c1-4-7-10-13-16-19-22-25-28-30-32-34-36-38-39-41-43-46-49-52-55-58-61-64-67-73(76)79-70-71(69-78-72(75)66-63-60-57-54-51-48-45-27-24-21-18-15-12-9-6-3)80-74(77)68-65-62-59-56-53-50-47-44-42-40-37-35-33-31-29-26-23-20-17-14-11-8-5-2/h8,11,17,20,26,29,33,35,40,42,71H,4-7,9-10,12-16,18-19,21-25,27-28,30-32,34,36-39,41,43-70H2,1-3H3/b11-8-,20-17-,29-26-,35-33-,42-40-. The van der Waals surface area contributed by atoms with Gasteiger partial charge in [0.15, 0.2) is 6.10 Å². The monoisotopic (exact) mass is 1120 g/mol. The van der Waals surface area contributed by atoms with Crippen molar-refractivity contribution in [1.29, 1.82) is 0 Å². The Labute approximate surface area is 498 Å². The van der Waals surface area contributed by atoms with Gasteiger partial charge in [-0.2, -0.15) is 0 Å². The van der Waals surface area contributed by atoms with Crippen molar-refractivity contribution in [3.05, 3.63) is 60.8 Å². The van der Waals surface area contributed by atoms with E-state index < -0.39 is 6.10 Å². The Hall–Kier alpha value is -2.89. The molecule has 0 spiro atoms. The van der Waals surface area contributed by atoms with E-state index in [0.29, 0.717) is 19.3 Å². The average molecular weight is 1120 g/mol. The number of carbonyl (C=O) groups excluding carboxylic acids is 3. The fourth-order valence-electron chi connectivity index (χ4n) is 10.5. The van der Waals surface area contributed by atoms with E-state index in [1.807, 2.05) is 0 Å². The minimum atomic E-state index is -0.779. The fraction of sp³-hybridized carbons (Fsp3) is 0.824. The molecule has 0 radical (unpaired) electrons. The second-order valence-corrected chi connectivity index (χ2v) is 23.8. The van der Waals surface area contributed by atoms with Gasteiger partial charge in [0.2, 0.25) is 0 Å². The molecule has 466 valence electrons. The van der Waals surface area contributed by atoms with Crippen molar-refractivity contribution in [2.24, 2.45) is 0 Å². The van der Waals surface area contributed by atoms with Gasteiger partial charge in [-0.3, -0.25) is 14.4 Å². The largest absolute Gasteiger partial charge is 0.462 e. The molecule has 0 aliphatic carbocycles. The molecule has 6 heteroatoms. The maximum Gasteiger partial charge on any atom is 0.306 e. The minimum Gasteiger partial charge on any atom is -0.462 e. The van der Waals surface area contributed by atoms with Gasteiger partial charge in [-0.1, -0.05) is 351 Å². The van der Waals surface area contributed by atoms with Gasteiger partial charge in [-0.15, -0.1) is 0 Å². The normalized spacial score (nSPS) is 12.4. The van der Waals surface area contributed by atoms with Crippen molar-refractivity contribution in [3.8, 4) is 0 Å². The highest BCUT2D eigenvalue weighted by Gasteiger charge is 2.19. The number of ether oxygens (including phenoxy) is 3. The molecule has 1 atom stereocenters. The molecule has 0 aliphatic heterocycles. The molecule has 0 amide bonds. The molecule has 0 aromatic heterocycles. The van der Waals surface area contributed by atoms with E-state index in [1.165, 1.54) is 238 Å². The summed E-state index contributed by atoms with van der Waals surface area (Å²) in [6.07, 6.45) is 88.1. The van der Waals surface area contributed by atoms with Crippen molar-refractivity contribution in [2.45, 2.75) is 380 Å². The number of rotatable bonds is 65. The van der Waals surface area contributed by atoms with Crippen LogP contribution in [0.5, 0.6) is 0 Å². The van der Waals surface area contributed by atoms with Crippen LogP contribution < -0.4 is 0 Å². The van der Waals surface area contributed by atoms with Crippen LogP contribution in [0, 0.1) is 0 Å². The SMILES string of the molecule is CC/C=C\C/C=C\C/C=C\C/C=C\C/C=C\CCCCCCCCCC(=O)OC(COC(=O)CCCCCCCCCCCCCCCCC)COC(=O)CCCCCCCCCCCCCCCCCCCCCCCCCC. The van der Waals surface area contributed by atoms with Gasteiger partial charge in [0.25, 0.3) is 0 Å². The van der Waals surface area contributed by atoms with Gasteiger partial charge >= 0.3 is 17.9 Å². The summed E-state index contributed by atoms with van der Waals surface area (Å²) in [5.41, 5.74) is 0. The van der Waals surface area contributed by atoms with E-state index in [-0.39, 0.29) is 31.1 Å². The van der Waals surface area contributed by atoms with Crippen LogP contribution in [0.2, 0.25) is 0 Å². The summed E-state index contributed by atoms with van der Waals surface area (Å²) in [4.78, 5) is 38.5. The molecule has 0 fully saturated rings. The Morgan fingerprint density at radius 1 is 0.263 bits per heavy atom. The number of hydrogen-bond donors (Lipinski definition) is 0. The summed E-state index contributed by atoms with van der Waals surface area (Å²) >= 11 is 0. The molecule has 0 bridgehead atoms. The molecule has 0 aromatic carbocycles. The summed E-state index contributed by atoms with van der Waals surface area (Å²) in [6.45, 7) is 6.59. The smallest absolute Gasteiger partial charge is 0.306 e. The summed E-state index contributed by atoms with van der Waals surface area (Å²) < 4.78 is 17.0. The Balaban J connectivity index is 4.31. The first-order chi connectivity index (χ1) is 39.5. The van der Waals surface area contributed by atoms with Crippen molar-refractivity contribution >= 4 is 17.9 Å². The molecule has 0 aromatic rings. The number of hydrogen-bond acceptors (Lipinski definition) is 6. The van der Waals surface area contributed by atoms with Crippen LogP contribution in [0.3, 0.4) is 0 Å². The summed E-state index contributed by atoms with van der Waals surface area (Å²) in [6, 6.07) is 0. The van der Waals surface area contributed by atoms with Crippen LogP contribution in [0.1, 0.15) is 374 Å². The summed E-state index contributed by atoms with van der Waals surface area (Å²) in [5.74, 6) is -0.858. The maximum atomic E-state index is 13.0. The zero-order chi connectivity index (χ0) is 57.8. The quantitative estimate of drug-likeness (QED) is 0.0261. The fourth-order valence-corrected chi connectivity index (χ4v) is 10.5. The summed E-state index contributed by atoms with van der Waals surface area (Å²) in [5, 5.41) is 0. The van der Waals surface area contributed by atoms with E-state index in [4.69, 9.17) is 14.2 Å². The Morgan fingerprint density at radius 3 is 0.762 bits per heavy atom. The van der Waals surface area contributed by atoms with Crippen molar-refractivity contribution in [3.63, 3.8) is 0 Å². The van der Waals surface area contributed by atoms with Gasteiger partial charge in [-0.25, -0.2) is 0 Å². The van der Waals surface area contributed by atoms with Gasteiger partial charge in [0.05, 0.1) is 0 Å². The average Bonchev–Trinajstić information content (AvgIpc) is 3.46. The molecule has 0 N–H and O–H groups in total. The lowest BCUT2D eigenvalue weighted by molar-refractivity contribution is -0.167. The van der Waals surface area contributed by atoms with Crippen LogP contribution in [0.15, 0.2) is 60.8 Å². The number of unbranched alkanes of at least 4 members (excludes halogenated alkanes) is 44. The third kappa shape index (κ3) is 65.9. The molecule has 0 rings (SSSR count). The van der Waals surface area contributed by atoms with Crippen molar-refractivity contribution < 1.29 is 28.6 Å². The van der Waals surface area contributed by atoms with E-state index in [2.05, 4.69) is 81.5 Å². The highest BCUT2D eigenvalue weighted by atomic mass is 16.6. The zero-order valence-corrected chi connectivity index (χ0v) is 53.6. The summed E-state index contributed by atoms with van der Waals surface area (Å²) in [7, 11) is 0. The number of carbonyl (C=O) groups is 3. The van der Waals surface area contributed by atoms with Crippen LogP contribution in [-0.2, 0) is 28.6 Å². The third-order valence-electron chi connectivity index (χ3n) is 15.8. The van der Waals surface area contributed by atoms with Crippen LogP contribution >= 0.6 is 0 Å². The lowest BCUT2D eigenvalue weighted by Gasteiger charge is -2.18. The molecular formula is C74H134O6. The number of allylic oxidation sites excluding steroid dienone is 10. The van der Waals surface area contributed by atoms with Crippen molar-refractivity contribution in [2.75, 3.05) is 13.2 Å². The molecule has 6 nitrogen and oxygen atoms in total. The third-order valence-corrected chi connectivity index (χ3v) is 15.8. The predicted octanol–water partition coefficient (Wildman–Crippen LogP) is 24.3.